The highest BCUT2D eigenvalue weighted by molar-refractivity contribution is 6.34. The number of halogens is 1. The van der Waals surface area contributed by atoms with E-state index in [1.165, 1.54) is 37.3 Å². The van der Waals surface area contributed by atoms with E-state index >= 15 is 0 Å². The molecule has 0 bridgehead atoms. The summed E-state index contributed by atoms with van der Waals surface area (Å²) in [4.78, 5) is 27.7. The van der Waals surface area contributed by atoms with Crippen LogP contribution in [-0.2, 0) is 4.79 Å². The van der Waals surface area contributed by atoms with E-state index in [2.05, 4.69) is 10.2 Å². The van der Waals surface area contributed by atoms with Gasteiger partial charge in [0.05, 0.1) is 17.3 Å². The molecule has 0 aromatic heterocycles. The number of likely N-dealkylation sites (tertiary alicyclic amines) is 1. The number of rotatable bonds is 4. The largest absolute Gasteiger partial charge is 0.490 e. The Hall–Kier alpha value is -1.79. The van der Waals surface area contributed by atoms with Gasteiger partial charge in [0, 0.05) is 18.9 Å². The maximum atomic E-state index is 12.4. The van der Waals surface area contributed by atoms with Crippen LogP contribution in [0.25, 0.3) is 0 Å². The van der Waals surface area contributed by atoms with Gasteiger partial charge >= 0.3 is 0 Å². The van der Waals surface area contributed by atoms with Crippen LogP contribution in [0.4, 0.5) is 0 Å². The second-order valence-corrected chi connectivity index (χ2v) is 7.77. The van der Waals surface area contributed by atoms with Gasteiger partial charge in [0.25, 0.3) is 5.91 Å². The van der Waals surface area contributed by atoms with E-state index in [0.717, 1.165) is 12.8 Å². The molecule has 0 unspecified atom stereocenters. The number of nitrogens with zero attached hydrogens (tertiary/aromatic N) is 2. The summed E-state index contributed by atoms with van der Waals surface area (Å²) in [5.41, 5.74) is 0.398. The van der Waals surface area contributed by atoms with Crippen molar-refractivity contribution in [3.8, 4) is 5.75 Å². The zero-order valence-corrected chi connectivity index (χ0v) is 15.5. The molecule has 7 heteroatoms. The molecule has 3 fully saturated rings. The van der Waals surface area contributed by atoms with Crippen LogP contribution in [0, 0.1) is 0 Å². The molecule has 0 atom stereocenters. The highest BCUT2D eigenvalue weighted by Crippen LogP contribution is 2.33. The number of ether oxygens (including phenoxy) is 1. The smallest absolute Gasteiger partial charge is 0.257 e. The molecule has 0 spiro atoms. The number of carbonyl (C=O) groups is 2. The van der Waals surface area contributed by atoms with Crippen LogP contribution in [0.2, 0.25) is 5.02 Å². The van der Waals surface area contributed by atoms with Crippen LogP contribution in [0.15, 0.2) is 18.2 Å². The topological polar surface area (TPSA) is 61.9 Å². The van der Waals surface area contributed by atoms with E-state index < -0.39 is 0 Å². The maximum Gasteiger partial charge on any atom is 0.257 e. The number of amides is 2. The molecule has 0 radical (unpaired) electrons. The Balaban J connectivity index is 1.32. The van der Waals surface area contributed by atoms with Gasteiger partial charge in [-0.05, 0) is 44.1 Å². The fourth-order valence-electron chi connectivity index (χ4n) is 3.93. The molecule has 3 aliphatic rings. The maximum absolute atomic E-state index is 12.4. The molecule has 1 N–H and O–H groups in total. The Labute approximate surface area is 158 Å². The highest BCUT2D eigenvalue weighted by Gasteiger charge is 2.35. The Morgan fingerprint density at radius 2 is 1.96 bits per heavy atom. The number of hydrogen-bond donors (Lipinski definition) is 1. The predicted octanol–water partition coefficient (Wildman–Crippen LogP) is 2.27. The fourth-order valence-corrected chi connectivity index (χ4v) is 4.18. The van der Waals surface area contributed by atoms with Gasteiger partial charge < -0.3 is 19.9 Å². The van der Waals surface area contributed by atoms with E-state index in [0.29, 0.717) is 22.4 Å². The standard InChI is InChI=1S/C19H24ClN3O3/c20-17-10-14(4-5-16(17)19(25)23-11-18(24)21-12-23)26-15-8-13(9-15)22-6-2-1-3-7-22/h4-5,10,13,15H,1-3,6-9,11-12H2,(H,21,24)/t13-,15-. The van der Waals surface area contributed by atoms with Gasteiger partial charge in [-0.15, -0.1) is 0 Å². The SMILES string of the molecule is O=C1CN(C(=O)c2ccc(O[C@H]3C[C@H](N4CCCCC4)C3)cc2Cl)CN1. The number of benzene rings is 1. The van der Waals surface area contributed by atoms with Gasteiger partial charge in [-0.1, -0.05) is 18.0 Å². The lowest BCUT2D eigenvalue weighted by Crippen LogP contribution is -2.50. The number of hydrogen-bond acceptors (Lipinski definition) is 4. The second-order valence-electron chi connectivity index (χ2n) is 7.36. The van der Waals surface area contributed by atoms with Crippen molar-refractivity contribution < 1.29 is 14.3 Å². The van der Waals surface area contributed by atoms with Gasteiger partial charge in [-0.25, -0.2) is 0 Å². The Morgan fingerprint density at radius 1 is 1.19 bits per heavy atom. The number of carbonyl (C=O) groups excluding carboxylic acids is 2. The molecule has 1 aromatic rings. The van der Waals surface area contributed by atoms with E-state index in [9.17, 15) is 9.59 Å². The normalized spacial score (nSPS) is 26.3. The zero-order valence-electron chi connectivity index (χ0n) is 14.7. The zero-order chi connectivity index (χ0) is 18.1. The molecule has 2 aliphatic heterocycles. The van der Waals surface area contributed by atoms with E-state index in [4.69, 9.17) is 16.3 Å². The summed E-state index contributed by atoms with van der Waals surface area (Å²) in [6, 6.07) is 5.83. The first-order chi connectivity index (χ1) is 12.6. The molecule has 140 valence electrons. The summed E-state index contributed by atoms with van der Waals surface area (Å²) in [6.45, 7) is 2.74. The summed E-state index contributed by atoms with van der Waals surface area (Å²) in [5.74, 6) is 0.306. The third kappa shape index (κ3) is 3.67. The Bertz CT molecular complexity index is 699. The van der Waals surface area contributed by atoms with E-state index in [1.54, 1.807) is 18.2 Å². The fraction of sp³-hybridized carbons (Fsp3) is 0.579. The van der Waals surface area contributed by atoms with Gasteiger partial charge in [0.1, 0.15) is 18.4 Å². The summed E-state index contributed by atoms with van der Waals surface area (Å²) in [5, 5.41) is 2.98. The van der Waals surface area contributed by atoms with Gasteiger partial charge in [0.15, 0.2) is 0 Å². The van der Waals surface area contributed by atoms with E-state index in [1.807, 2.05) is 0 Å². The first-order valence-electron chi connectivity index (χ1n) is 9.36. The summed E-state index contributed by atoms with van der Waals surface area (Å²) < 4.78 is 6.03. The van der Waals surface area contributed by atoms with Gasteiger partial charge in [0.2, 0.25) is 5.91 Å². The minimum Gasteiger partial charge on any atom is -0.490 e. The summed E-state index contributed by atoms with van der Waals surface area (Å²) in [6.07, 6.45) is 6.31. The Kier molecular flexibility index (Phi) is 5.05. The van der Waals surface area contributed by atoms with Crippen molar-refractivity contribution in [2.24, 2.45) is 0 Å². The van der Waals surface area contributed by atoms with Crippen LogP contribution < -0.4 is 10.1 Å². The molecule has 1 aliphatic carbocycles. The van der Waals surface area contributed by atoms with Crippen LogP contribution in [0.3, 0.4) is 0 Å². The van der Waals surface area contributed by atoms with Crippen LogP contribution in [-0.4, -0.2) is 60.1 Å². The van der Waals surface area contributed by atoms with Crippen LogP contribution in [0.5, 0.6) is 5.75 Å². The average Bonchev–Trinajstić information content (AvgIpc) is 3.04. The predicted molar refractivity (Wildman–Crippen MR) is 98.4 cm³/mol. The van der Waals surface area contributed by atoms with Crippen molar-refractivity contribution in [1.82, 2.24) is 15.1 Å². The van der Waals surface area contributed by atoms with Gasteiger partial charge in [-0.2, -0.15) is 0 Å². The molecule has 1 saturated carbocycles. The summed E-state index contributed by atoms with van der Waals surface area (Å²) in [7, 11) is 0. The van der Waals surface area contributed by atoms with Crippen molar-refractivity contribution in [2.45, 2.75) is 44.2 Å². The van der Waals surface area contributed by atoms with Gasteiger partial charge in [-0.3, -0.25) is 9.59 Å². The number of piperidine rings is 1. The highest BCUT2D eigenvalue weighted by atomic mass is 35.5. The van der Waals surface area contributed by atoms with Crippen LogP contribution in [0.1, 0.15) is 42.5 Å². The molecular formula is C19H24ClN3O3. The monoisotopic (exact) mass is 377 g/mol. The quantitative estimate of drug-likeness (QED) is 0.874. The Morgan fingerprint density at radius 3 is 2.62 bits per heavy atom. The first-order valence-corrected chi connectivity index (χ1v) is 9.74. The van der Waals surface area contributed by atoms with Crippen molar-refractivity contribution in [1.29, 1.82) is 0 Å². The average molecular weight is 378 g/mol. The third-order valence-electron chi connectivity index (χ3n) is 5.54. The van der Waals surface area contributed by atoms with Crippen molar-refractivity contribution in [3.05, 3.63) is 28.8 Å². The minimum absolute atomic E-state index is 0.0768. The van der Waals surface area contributed by atoms with Crippen molar-refractivity contribution >= 4 is 23.4 Å². The van der Waals surface area contributed by atoms with Crippen LogP contribution >= 0.6 is 11.6 Å². The molecule has 4 rings (SSSR count). The first kappa shape index (κ1) is 17.6. The minimum atomic E-state index is -0.242. The molecule has 6 nitrogen and oxygen atoms in total. The second kappa shape index (κ2) is 7.45. The third-order valence-corrected chi connectivity index (χ3v) is 5.85. The lowest BCUT2D eigenvalue weighted by Gasteiger charge is -2.44. The summed E-state index contributed by atoms with van der Waals surface area (Å²) >= 11 is 6.29. The molecule has 2 amide bonds. The van der Waals surface area contributed by atoms with Crippen molar-refractivity contribution in [2.75, 3.05) is 26.3 Å². The van der Waals surface area contributed by atoms with E-state index in [-0.39, 0.29) is 31.1 Å². The lowest BCUT2D eigenvalue weighted by atomic mass is 9.86. The number of nitrogens with one attached hydrogen (secondary N) is 1. The van der Waals surface area contributed by atoms with Crippen molar-refractivity contribution in [3.63, 3.8) is 0 Å². The molecule has 2 saturated heterocycles. The molecular weight excluding hydrogens is 354 g/mol. The molecule has 26 heavy (non-hydrogen) atoms. The lowest BCUT2D eigenvalue weighted by molar-refractivity contribution is -0.118. The molecule has 2 heterocycles. The molecule has 1 aromatic carbocycles.